The maximum Gasteiger partial charge on any atom is 0.261 e. The molecule has 0 unspecified atom stereocenters. The van der Waals surface area contributed by atoms with E-state index < -0.39 is 5.91 Å². The largest absolute Gasteiger partial charge is 0.495 e. The third kappa shape index (κ3) is 2.81. The van der Waals surface area contributed by atoms with Crippen LogP contribution < -0.4 is 15.5 Å². The SMILES string of the molecule is COc1ccc(C)cc1NC(=O)c1c[nH]c2ccccc2c1=O. The summed E-state index contributed by atoms with van der Waals surface area (Å²) >= 11 is 0. The normalized spacial score (nSPS) is 10.5. The molecule has 3 rings (SSSR count). The fraction of sp³-hybridized carbons (Fsp3) is 0.111. The van der Waals surface area contributed by atoms with Crippen molar-refractivity contribution in [1.29, 1.82) is 0 Å². The van der Waals surface area contributed by atoms with Crippen LogP contribution in [-0.2, 0) is 0 Å². The molecule has 0 radical (unpaired) electrons. The first kappa shape index (κ1) is 14.8. The number of H-pyrrole nitrogens is 1. The molecule has 0 aliphatic carbocycles. The monoisotopic (exact) mass is 308 g/mol. The number of aromatic amines is 1. The second kappa shape index (κ2) is 5.96. The Balaban J connectivity index is 2.00. The van der Waals surface area contributed by atoms with Gasteiger partial charge in [0.2, 0.25) is 5.43 Å². The minimum atomic E-state index is -0.471. The van der Waals surface area contributed by atoms with E-state index in [1.54, 1.807) is 30.3 Å². The molecule has 0 fully saturated rings. The van der Waals surface area contributed by atoms with Gasteiger partial charge in [-0.1, -0.05) is 18.2 Å². The number of ether oxygens (including phenoxy) is 1. The highest BCUT2D eigenvalue weighted by molar-refractivity contribution is 6.06. The molecule has 1 amide bonds. The number of fused-ring (bicyclic) bond motifs is 1. The third-order valence-electron chi connectivity index (χ3n) is 3.64. The molecule has 0 atom stereocenters. The van der Waals surface area contributed by atoms with Gasteiger partial charge in [-0.3, -0.25) is 9.59 Å². The Bertz CT molecular complexity index is 944. The smallest absolute Gasteiger partial charge is 0.261 e. The lowest BCUT2D eigenvalue weighted by Crippen LogP contribution is -2.22. The maximum atomic E-state index is 12.5. The van der Waals surface area contributed by atoms with Crippen LogP contribution in [0, 0.1) is 6.92 Å². The summed E-state index contributed by atoms with van der Waals surface area (Å²) in [7, 11) is 1.53. The first-order chi connectivity index (χ1) is 11.1. The molecule has 2 N–H and O–H groups in total. The number of amides is 1. The highest BCUT2D eigenvalue weighted by atomic mass is 16.5. The zero-order valence-corrected chi connectivity index (χ0v) is 12.8. The number of anilines is 1. The van der Waals surface area contributed by atoms with Crippen LogP contribution in [0.5, 0.6) is 5.75 Å². The molecule has 5 heteroatoms. The van der Waals surface area contributed by atoms with E-state index in [9.17, 15) is 9.59 Å². The topological polar surface area (TPSA) is 71.2 Å². The van der Waals surface area contributed by atoms with Gasteiger partial charge in [0.15, 0.2) is 0 Å². The summed E-state index contributed by atoms with van der Waals surface area (Å²) in [6.07, 6.45) is 1.43. The molecule has 0 aliphatic heterocycles. The average molecular weight is 308 g/mol. The number of hydrogen-bond donors (Lipinski definition) is 2. The number of aryl methyl sites for hydroxylation is 1. The first-order valence-corrected chi connectivity index (χ1v) is 7.16. The number of nitrogens with one attached hydrogen (secondary N) is 2. The molecule has 0 saturated heterocycles. The van der Waals surface area contributed by atoms with Gasteiger partial charge in [-0.15, -0.1) is 0 Å². The molecule has 0 saturated carbocycles. The maximum absolute atomic E-state index is 12.5. The average Bonchev–Trinajstić information content (AvgIpc) is 2.55. The molecule has 1 aromatic heterocycles. The Morgan fingerprint density at radius 1 is 1.17 bits per heavy atom. The van der Waals surface area contributed by atoms with Crippen molar-refractivity contribution in [2.45, 2.75) is 6.92 Å². The summed E-state index contributed by atoms with van der Waals surface area (Å²) < 4.78 is 5.24. The molecular weight excluding hydrogens is 292 g/mol. The van der Waals surface area contributed by atoms with E-state index >= 15 is 0 Å². The molecule has 23 heavy (non-hydrogen) atoms. The Hall–Kier alpha value is -3.08. The number of carbonyl (C=O) groups excluding carboxylic acids is 1. The fourth-order valence-electron chi connectivity index (χ4n) is 2.45. The molecule has 116 valence electrons. The molecule has 2 aromatic carbocycles. The van der Waals surface area contributed by atoms with E-state index in [0.717, 1.165) is 5.56 Å². The van der Waals surface area contributed by atoms with Gasteiger partial charge in [0.25, 0.3) is 5.91 Å². The van der Waals surface area contributed by atoms with Gasteiger partial charge in [-0.05, 0) is 36.8 Å². The van der Waals surface area contributed by atoms with Crippen LogP contribution in [0.3, 0.4) is 0 Å². The summed E-state index contributed by atoms with van der Waals surface area (Å²) in [6, 6.07) is 12.5. The van der Waals surface area contributed by atoms with E-state index in [0.29, 0.717) is 22.3 Å². The first-order valence-electron chi connectivity index (χ1n) is 7.16. The molecular formula is C18H16N2O3. The van der Waals surface area contributed by atoms with Crippen LogP contribution in [0.4, 0.5) is 5.69 Å². The van der Waals surface area contributed by atoms with Crippen molar-refractivity contribution in [2.75, 3.05) is 12.4 Å². The number of pyridine rings is 1. The number of aromatic nitrogens is 1. The third-order valence-corrected chi connectivity index (χ3v) is 3.64. The van der Waals surface area contributed by atoms with Crippen molar-refractivity contribution >= 4 is 22.5 Å². The molecule has 5 nitrogen and oxygen atoms in total. The number of rotatable bonds is 3. The summed E-state index contributed by atoms with van der Waals surface area (Å²) in [5, 5.41) is 3.22. The van der Waals surface area contributed by atoms with Crippen LogP contribution in [0.15, 0.2) is 53.5 Å². The van der Waals surface area contributed by atoms with Crippen molar-refractivity contribution in [3.63, 3.8) is 0 Å². The van der Waals surface area contributed by atoms with Gasteiger partial charge < -0.3 is 15.0 Å². The van der Waals surface area contributed by atoms with Gasteiger partial charge in [-0.25, -0.2) is 0 Å². The molecule has 0 bridgehead atoms. The van der Waals surface area contributed by atoms with Crippen molar-refractivity contribution in [3.05, 3.63) is 70.0 Å². The van der Waals surface area contributed by atoms with Gasteiger partial charge in [0, 0.05) is 17.1 Å². The lowest BCUT2D eigenvalue weighted by atomic mass is 10.1. The Labute approximate surface area is 132 Å². The molecule has 3 aromatic rings. The number of methoxy groups -OCH3 is 1. The van der Waals surface area contributed by atoms with E-state index in [4.69, 9.17) is 4.74 Å². The minimum absolute atomic E-state index is 0.0623. The van der Waals surface area contributed by atoms with Crippen LogP contribution >= 0.6 is 0 Å². The Morgan fingerprint density at radius 3 is 2.74 bits per heavy atom. The summed E-state index contributed by atoms with van der Waals surface area (Å²) in [6.45, 7) is 1.91. The highest BCUT2D eigenvalue weighted by Gasteiger charge is 2.15. The predicted octanol–water partition coefficient (Wildman–Crippen LogP) is 3.10. The molecule has 0 aliphatic rings. The van der Waals surface area contributed by atoms with Crippen molar-refractivity contribution in [1.82, 2.24) is 4.98 Å². The number of para-hydroxylation sites is 1. The Kier molecular flexibility index (Phi) is 3.85. The second-order valence-electron chi connectivity index (χ2n) is 5.23. The quantitative estimate of drug-likeness (QED) is 0.781. The van der Waals surface area contributed by atoms with Crippen LogP contribution in [0.1, 0.15) is 15.9 Å². The summed E-state index contributed by atoms with van der Waals surface area (Å²) in [4.78, 5) is 27.9. The lowest BCUT2D eigenvalue weighted by molar-refractivity contribution is 0.102. The van der Waals surface area contributed by atoms with Gasteiger partial charge in [-0.2, -0.15) is 0 Å². The van der Waals surface area contributed by atoms with Gasteiger partial charge in [0.05, 0.1) is 12.8 Å². The van der Waals surface area contributed by atoms with E-state index in [-0.39, 0.29) is 11.0 Å². The van der Waals surface area contributed by atoms with Gasteiger partial charge in [0.1, 0.15) is 11.3 Å². The number of hydrogen-bond acceptors (Lipinski definition) is 3. The van der Waals surface area contributed by atoms with Crippen LogP contribution in [-0.4, -0.2) is 18.0 Å². The number of benzene rings is 2. The highest BCUT2D eigenvalue weighted by Crippen LogP contribution is 2.25. The van der Waals surface area contributed by atoms with Crippen molar-refractivity contribution in [3.8, 4) is 5.75 Å². The summed E-state index contributed by atoms with van der Waals surface area (Å²) in [5.74, 6) is 0.0714. The van der Waals surface area contributed by atoms with E-state index in [2.05, 4.69) is 10.3 Å². The number of carbonyl (C=O) groups is 1. The molecule has 0 spiro atoms. The van der Waals surface area contributed by atoms with Crippen molar-refractivity contribution < 1.29 is 9.53 Å². The van der Waals surface area contributed by atoms with Crippen molar-refractivity contribution in [2.24, 2.45) is 0 Å². The minimum Gasteiger partial charge on any atom is -0.495 e. The lowest BCUT2D eigenvalue weighted by Gasteiger charge is -2.11. The standard InChI is InChI=1S/C18H16N2O3/c1-11-7-8-16(23-2)15(9-11)20-18(22)13-10-19-14-6-4-3-5-12(14)17(13)21/h3-10H,1-2H3,(H,19,21)(H,20,22). The second-order valence-corrected chi connectivity index (χ2v) is 5.23. The van der Waals surface area contributed by atoms with Crippen LogP contribution in [0.2, 0.25) is 0 Å². The predicted molar refractivity (Wildman–Crippen MR) is 90.3 cm³/mol. The zero-order chi connectivity index (χ0) is 16.4. The zero-order valence-electron chi connectivity index (χ0n) is 12.8. The summed E-state index contributed by atoms with van der Waals surface area (Å²) in [5.41, 5.74) is 1.97. The van der Waals surface area contributed by atoms with E-state index in [1.807, 2.05) is 19.1 Å². The van der Waals surface area contributed by atoms with Gasteiger partial charge >= 0.3 is 0 Å². The van der Waals surface area contributed by atoms with E-state index in [1.165, 1.54) is 13.3 Å². The fourth-order valence-corrected chi connectivity index (χ4v) is 2.45. The van der Waals surface area contributed by atoms with Crippen LogP contribution in [0.25, 0.3) is 10.9 Å². The molecule has 1 heterocycles. The Morgan fingerprint density at radius 2 is 1.96 bits per heavy atom.